The van der Waals surface area contributed by atoms with E-state index in [0.717, 1.165) is 44.9 Å². The Balaban J connectivity index is 1.60. The molecule has 148 valence electrons. The molecule has 3 saturated carbocycles. The van der Waals surface area contributed by atoms with E-state index in [2.05, 4.69) is 6.92 Å². The summed E-state index contributed by atoms with van der Waals surface area (Å²) in [6, 6.07) is 0. The fraction of sp³-hybridized carbons (Fsp3) is 0.818. The highest BCUT2D eigenvalue weighted by Crippen LogP contribution is 2.74. The molecule has 0 aromatic carbocycles. The van der Waals surface area contributed by atoms with Gasteiger partial charge in [0.05, 0.1) is 18.6 Å². The average molecular weight is 374 g/mol. The molecule has 1 heterocycles. The molecule has 5 nitrogen and oxygen atoms in total. The molecular formula is C22H30O5. The minimum Gasteiger partial charge on any atom is -0.469 e. The fourth-order valence-corrected chi connectivity index (χ4v) is 8.04. The van der Waals surface area contributed by atoms with E-state index >= 15 is 0 Å². The van der Waals surface area contributed by atoms with Gasteiger partial charge in [0.15, 0.2) is 12.1 Å². The monoisotopic (exact) mass is 374 g/mol. The summed E-state index contributed by atoms with van der Waals surface area (Å²) in [4.78, 5) is 24.6. The fourth-order valence-electron chi connectivity index (χ4n) is 8.04. The Morgan fingerprint density at radius 1 is 1.11 bits per heavy atom. The largest absolute Gasteiger partial charge is 0.469 e. The topological polar surface area (TPSA) is 61.8 Å². The molecule has 0 N–H and O–H groups in total. The van der Waals surface area contributed by atoms with E-state index in [-0.39, 0.29) is 40.4 Å². The maximum absolute atomic E-state index is 12.5. The van der Waals surface area contributed by atoms with E-state index in [1.54, 1.807) is 7.11 Å². The van der Waals surface area contributed by atoms with Crippen LogP contribution in [0.25, 0.3) is 0 Å². The van der Waals surface area contributed by atoms with Gasteiger partial charge in [0.1, 0.15) is 0 Å². The van der Waals surface area contributed by atoms with Gasteiger partial charge >= 0.3 is 5.97 Å². The molecule has 0 aromatic heterocycles. The van der Waals surface area contributed by atoms with Crippen LogP contribution in [0, 0.1) is 28.6 Å². The van der Waals surface area contributed by atoms with Crippen LogP contribution in [0.2, 0.25) is 0 Å². The predicted octanol–water partition coefficient (Wildman–Crippen LogP) is 3.41. The van der Waals surface area contributed by atoms with Crippen LogP contribution in [0.5, 0.6) is 0 Å². The highest BCUT2D eigenvalue weighted by atomic mass is 16.7. The molecule has 5 heteroatoms. The first-order valence-corrected chi connectivity index (χ1v) is 10.4. The Kier molecular flexibility index (Phi) is 3.75. The van der Waals surface area contributed by atoms with E-state index in [9.17, 15) is 9.59 Å². The lowest BCUT2D eigenvalue weighted by atomic mass is 9.46. The number of hydrogen-bond donors (Lipinski definition) is 0. The van der Waals surface area contributed by atoms with Gasteiger partial charge in [-0.1, -0.05) is 12.5 Å². The molecule has 4 fully saturated rings. The van der Waals surface area contributed by atoms with E-state index in [4.69, 9.17) is 14.2 Å². The summed E-state index contributed by atoms with van der Waals surface area (Å²) in [5, 5.41) is 0. The number of esters is 1. The second-order valence-electron chi connectivity index (χ2n) is 9.62. The minimum atomic E-state index is -0.274. The molecule has 2 bridgehead atoms. The minimum absolute atomic E-state index is 0.0335. The molecule has 0 unspecified atom stereocenters. The van der Waals surface area contributed by atoms with Crippen LogP contribution in [0.15, 0.2) is 11.6 Å². The molecule has 1 aliphatic heterocycles. The number of ketones is 1. The molecule has 0 aromatic rings. The summed E-state index contributed by atoms with van der Waals surface area (Å²) in [6.07, 6.45) is 8.85. The van der Waals surface area contributed by atoms with Crippen LogP contribution in [0.4, 0.5) is 0 Å². The summed E-state index contributed by atoms with van der Waals surface area (Å²) in [5.74, 6) is 0.887. The van der Waals surface area contributed by atoms with Crippen molar-refractivity contribution in [2.24, 2.45) is 28.6 Å². The Morgan fingerprint density at radius 2 is 1.93 bits per heavy atom. The second kappa shape index (κ2) is 5.66. The van der Waals surface area contributed by atoms with Gasteiger partial charge < -0.3 is 14.2 Å². The number of methoxy groups -OCH3 is 2. The van der Waals surface area contributed by atoms with Crippen molar-refractivity contribution in [1.82, 2.24) is 0 Å². The molecule has 5 rings (SSSR count). The molecule has 7 atom stereocenters. The van der Waals surface area contributed by atoms with Crippen molar-refractivity contribution in [3.8, 4) is 0 Å². The molecule has 1 spiro atoms. The summed E-state index contributed by atoms with van der Waals surface area (Å²) in [7, 11) is 3.24. The Morgan fingerprint density at radius 3 is 2.67 bits per heavy atom. The second-order valence-corrected chi connectivity index (χ2v) is 9.62. The Hall–Kier alpha value is -1.20. The van der Waals surface area contributed by atoms with Gasteiger partial charge in [0, 0.05) is 24.9 Å². The summed E-state index contributed by atoms with van der Waals surface area (Å²) in [6.45, 7) is 2.28. The zero-order valence-electron chi connectivity index (χ0n) is 16.6. The van der Waals surface area contributed by atoms with Crippen molar-refractivity contribution < 1.29 is 23.8 Å². The Bertz CT molecular complexity index is 728. The van der Waals surface area contributed by atoms with Crippen molar-refractivity contribution in [3.63, 3.8) is 0 Å². The number of fused-ring (bicyclic) bond motifs is 1. The summed E-state index contributed by atoms with van der Waals surface area (Å²) < 4.78 is 17.9. The summed E-state index contributed by atoms with van der Waals surface area (Å²) >= 11 is 0. The number of ether oxygens (including phenoxy) is 3. The van der Waals surface area contributed by atoms with Gasteiger partial charge in [-0.2, -0.15) is 0 Å². The van der Waals surface area contributed by atoms with E-state index in [1.807, 2.05) is 6.08 Å². The van der Waals surface area contributed by atoms with Crippen molar-refractivity contribution in [2.45, 2.75) is 70.2 Å². The van der Waals surface area contributed by atoms with Crippen molar-refractivity contribution in [1.29, 1.82) is 0 Å². The standard InChI is InChI=1S/C22H30O5/c1-20-9-8-17-21-10-7-14(23)12-13(21)6-11-22(17,27-19(21)26-3)16(20)5-4-15(20)18(24)25-2/h12,15-17,19H,4-11H2,1-3H3/t15-,16-,17-,19+,20-,21-,22-/m0/s1. The third kappa shape index (κ3) is 1.97. The van der Waals surface area contributed by atoms with Crippen LogP contribution < -0.4 is 0 Å². The lowest BCUT2D eigenvalue weighted by molar-refractivity contribution is -0.210. The van der Waals surface area contributed by atoms with Gasteiger partial charge in [0.2, 0.25) is 0 Å². The van der Waals surface area contributed by atoms with Gasteiger partial charge in [-0.15, -0.1) is 0 Å². The van der Waals surface area contributed by atoms with Crippen molar-refractivity contribution in [3.05, 3.63) is 11.6 Å². The molecule has 1 saturated heterocycles. The third-order valence-electron chi connectivity index (χ3n) is 9.06. The number of carbonyl (C=O) groups is 2. The molecule has 5 aliphatic rings. The molecule has 4 aliphatic carbocycles. The third-order valence-corrected chi connectivity index (χ3v) is 9.06. The lowest BCUT2D eigenvalue weighted by Crippen LogP contribution is -2.59. The van der Waals surface area contributed by atoms with E-state index in [0.29, 0.717) is 18.3 Å². The van der Waals surface area contributed by atoms with Crippen LogP contribution in [0.1, 0.15) is 58.3 Å². The average Bonchev–Trinajstić information content (AvgIpc) is 3.11. The maximum Gasteiger partial charge on any atom is 0.309 e. The number of carbonyl (C=O) groups excluding carboxylic acids is 2. The number of rotatable bonds is 2. The first-order chi connectivity index (χ1) is 12.9. The van der Waals surface area contributed by atoms with Gasteiger partial charge in [-0.05, 0) is 62.4 Å². The lowest BCUT2D eigenvalue weighted by Gasteiger charge is -2.58. The highest BCUT2D eigenvalue weighted by Gasteiger charge is 2.75. The van der Waals surface area contributed by atoms with Gasteiger partial charge in [0.25, 0.3) is 0 Å². The summed E-state index contributed by atoms with van der Waals surface area (Å²) in [5.41, 5.74) is 0.814. The highest BCUT2D eigenvalue weighted by molar-refractivity contribution is 5.91. The normalized spacial score (nSPS) is 50.5. The van der Waals surface area contributed by atoms with Crippen LogP contribution in [0.3, 0.4) is 0 Å². The Labute approximate surface area is 160 Å². The number of hydrogen-bond acceptors (Lipinski definition) is 5. The SMILES string of the molecule is COC(=O)[C@@H]1CC[C@H]2[C@@]1(C)CC[C@@H]1[C@]23CCC2=CC(=O)CC[C@]21[C@H](OC)O3. The first-order valence-electron chi connectivity index (χ1n) is 10.4. The van der Waals surface area contributed by atoms with Crippen molar-refractivity contribution in [2.75, 3.05) is 14.2 Å². The zero-order valence-corrected chi connectivity index (χ0v) is 16.6. The van der Waals surface area contributed by atoms with Crippen LogP contribution >= 0.6 is 0 Å². The molecule has 27 heavy (non-hydrogen) atoms. The first kappa shape index (κ1) is 17.9. The van der Waals surface area contributed by atoms with Gasteiger partial charge in [-0.3, -0.25) is 9.59 Å². The quantitative estimate of drug-likeness (QED) is 0.693. The maximum atomic E-state index is 12.5. The van der Waals surface area contributed by atoms with Crippen LogP contribution in [-0.2, 0) is 23.8 Å². The zero-order chi connectivity index (χ0) is 19.0. The molecular weight excluding hydrogens is 344 g/mol. The smallest absolute Gasteiger partial charge is 0.309 e. The van der Waals surface area contributed by atoms with Crippen molar-refractivity contribution >= 4 is 11.8 Å². The van der Waals surface area contributed by atoms with Gasteiger partial charge in [-0.25, -0.2) is 0 Å². The molecule has 0 amide bonds. The predicted molar refractivity (Wildman–Crippen MR) is 97.7 cm³/mol. The molecule has 0 radical (unpaired) electrons. The van der Waals surface area contributed by atoms with Crippen LogP contribution in [-0.4, -0.2) is 37.9 Å². The van der Waals surface area contributed by atoms with E-state index < -0.39 is 0 Å². The van der Waals surface area contributed by atoms with E-state index in [1.165, 1.54) is 12.7 Å².